The fourth-order valence-corrected chi connectivity index (χ4v) is 5.31. The van der Waals surface area contributed by atoms with Crippen molar-refractivity contribution in [3.8, 4) is 39.5 Å². The maximum absolute atomic E-state index is 12.8. The Morgan fingerprint density at radius 2 is 1.44 bits per heavy atom. The molecule has 0 radical (unpaired) electrons. The number of hydrazone groups is 1. The second kappa shape index (κ2) is 12.1. The first-order valence-electron chi connectivity index (χ1n) is 13.3. The van der Waals surface area contributed by atoms with Gasteiger partial charge in [0, 0.05) is 33.4 Å². The molecule has 8 nitrogen and oxygen atoms in total. The van der Waals surface area contributed by atoms with Crippen LogP contribution in [0.2, 0.25) is 0 Å². The average molecular weight is 631 g/mol. The number of benzene rings is 4. The van der Waals surface area contributed by atoms with Crippen molar-refractivity contribution in [1.29, 1.82) is 0 Å². The molecule has 0 atom stereocenters. The molecule has 6 rings (SSSR count). The number of furan rings is 1. The first kappa shape index (κ1) is 27.6. The van der Waals surface area contributed by atoms with Crippen LogP contribution >= 0.6 is 15.9 Å². The number of carbonyl (C=O) groups is 1. The van der Waals surface area contributed by atoms with Crippen molar-refractivity contribution in [1.82, 2.24) is 9.99 Å². The Morgan fingerprint density at radius 1 is 0.814 bits per heavy atom. The van der Waals surface area contributed by atoms with Crippen LogP contribution in [0.1, 0.15) is 16.1 Å². The molecule has 43 heavy (non-hydrogen) atoms. The summed E-state index contributed by atoms with van der Waals surface area (Å²) < 4.78 is 8.50. The molecule has 0 unspecified atom stereocenters. The number of nitro benzene ring substituents is 1. The van der Waals surface area contributed by atoms with Crippen LogP contribution in [-0.2, 0) is 0 Å². The van der Waals surface area contributed by atoms with Crippen molar-refractivity contribution in [2.24, 2.45) is 5.10 Å². The molecule has 1 amide bonds. The van der Waals surface area contributed by atoms with Gasteiger partial charge in [0.05, 0.1) is 22.5 Å². The Labute approximate surface area is 255 Å². The Balaban J connectivity index is 1.19. The molecule has 0 aliphatic heterocycles. The highest BCUT2D eigenvalue weighted by Gasteiger charge is 2.15. The van der Waals surface area contributed by atoms with Crippen LogP contribution in [0.3, 0.4) is 0 Å². The number of hydrogen-bond donors (Lipinski definition) is 1. The maximum Gasteiger partial charge on any atom is 0.271 e. The lowest BCUT2D eigenvalue weighted by Gasteiger charge is -2.15. The fourth-order valence-electron chi connectivity index (χ4n) is 4.75. The van der Waals surface area contributed by atoms with Crippen molar-refractivity contribution in [2.75, 3.05) is 0 Å². The van der Waals surface area contributed by atoms with Crippen LogP contribution in [0, 0.1) is 10.1 Å². The molecule has 0 aliphatic rings. The van der Waals surface area contributed by atoms with Crippen molar-refractivity contribution in [3.63, 3.8) is 0 Å². The Bertz CT molecular complexity index is 1890. The van der Waals surface area contributed by atoms with Crippen LogP contribution in [0.15, 0.2) is 141 Å². The van der Waals surface area contributed by atoms with E-state index < -0.39 is 4.92 Å². The molecular formula is C34H23BrN4O4. The number of nitro groups is 1. The minimum Gasteiger partial charge on any atom is -0.455 e. The van der Waals surface area contributed by atoms with Crippen LogP contribution in [0.4, 0.5) is 5.69 Å². The van der Waals surface area contributed by atoms with Crippen LogP contribution in [0.25, 0.3) is 39.5 Å². The summed E-state index contributed by atoms with van der Waals surface area (Å²) in [5.41, 5.74) is 8.79. The number of hydrogen-bond acceptors (Lipinski definition) is 5. The van der Waals surface area contributed by atoms with Crippen molar-refractivity contribution >= 4 is 33.7 Å². The van der Waals surface area contributed by atoms with E-state index in [1.807, 2.05) is 48.5 Å². The van der Waals surface area contributed by atoms with Gasteiger partial charge in [-0.3, -0.25) is 14.9 Å². The molecule has 0 saturated heterocycles. The summed E-state index contributed by atoms with van der Waals surface area (Å²) in [6, 6.07) is 39.8. The zero-order valence-electron chi connectivity index (χ0n) is 22.6. The number of nitrogens with zero attached hydrogens (tertiary/aromatic N) is 3. The lowest BCUT2D eigenvalue weighted by Crippen LogP contribution is -2.17. The van der Waals surface area contributed by atoms with E-state index in [-0.39, 0.29) is 11.6 Å². The van der Waals surface area contributed by atoms with Crippen LogP contribution in [0.5, 0.6) is 0 Å². The molecule has 0 bridgehead atoms. The van der Waals surface area contributed by atoms with Gasteiger partial charge in [-0.2, -0.15) is 5.10 Å². The van der Waals surface area contributed by atoms with E-state index in [1.54, 1.807) is 30.3 Å². The third-order valence-corrected chi connectivity index (χ3v) is 7.48. The van der Waals surface area contributed by atoms with Gasteiger partial charge in [0.2, 0.25) is 0 Å². The highest BCUT2D eigenvalue weighted by Crippen LogP contribution is 2.33. The first-order valence-corrected chi connectivity index (χ1v) is 14.1. The predicted octanol–water partition coefficient (Wildman–Crippen LogP) is 8.51. The molecule has 0 spiro atoms. The van der Waals surface area contributed by atoms with E-state index in [2.05, 4.69) is 67.4 Å². The molecular weight excluding hydrogens is 608 g/mol. The number of non-ortho nitro benzene ring substituents is 1. The monoisotopic (exact) mass is 630 g/mol. The van der Waals surface area contributed by atoms with Gasteiger partial charge < -0.3 is 8.98 Å². The highest BCUT2D eigenvalue weighted by atomic mass is 79.9. The minimum atomic E-state index is -0.463. The van der Waals surface area contributed by atoms with E-state index in [4.69, 9.17) is 4.42 Å². The topological polar surface area (TPSA) is 103 Å². The molecule has 0 aliphatic carbocycles. The molecule has 2 heterocycles. The lowest BCUT2D eigenvalue weighted by molar-refractivity contribution is -0.384. The number of amides is 1. The highest BCUT2D eigenvalue weighted by molar-refractivity contribution is 9.10. The largest absolute Gasteiger partial charge is 0.455 e. The maximum atomic E-state index is 12.8. The van der Waals surface area contributed by atoms with Gasteiger partial charge in [-0.05, 0) is 81.7 Å². The van der Waals surface area contributed by atoms with Crippen LogP contribution < -0.4 is 5.43 Å². The minimum absolute atomic E-state index is 0.0265. The Morgan fingerprint density at radius 3 is 2.02 bits per heavy atom. The summed E-state index contributed by atoms with van der Waals surface area (Å²) in [5, 5.41) is 15.0. The van der Waals surface area contributed by atoms with E-state index in [0.717, 1.165) is 28.2 Å². The van der Waals surface area contributed by atoms with Crippen molar-refractivity contribution in [2.45, 2.75) is 0 Å². The molecule has 6 aromatic rings. The van der Waals surface area contributed by atoms with E-state index in [0.29, 0.717) is 27.1 Å². The van der Waals surface area contributed by atoms with Gasteiger partial charge in [0.25, 0.3) is 11.6 Å². The molecule has 210 valence electrons. The zero-order valence-corrected chi connectivity index (χ0v) is 24.1. The molecule has 2 aromatic heterocycles. The Kier molecular flexibility index (Phi) is 7.80. The van der Waals surface area contributed by atoms with Gasteiger partial charge >= 0.3 is 0 Å². The van der Waals surface area contributed by atoms with Gasteiger partial charge in [-0.15, -0.1) is 0 Å². The average Bonchev–Trinajstić information content (AvgIpc) is 3.70. The van der Waals surface area contributed by atoms with Crippen molar-refractivity contribution < 1.29 is 14.1 Å². The number of rotatable bonds is 8. The second-order valence-corrected chi connectivity index (χ2v) is 10.4. The van der Waals surface area contributed by atoms with E-state index in [9.17, 15) is 14.9 Å². The molecule has 9 heteroatoms. The second-order valence-electron chi connectivity index (χ2n) is 9.54. The van der Waals surface area contributed by atoms with Gasteiger partial charge in [0.1, 0.15) is 11.5 Å². The normalized spacial score (nSPS) is 11.1. The van der Waals surface area contributed by atoms with Gasteiger partial charge in [-0.1, -0.05) is 60.7 Å². The molecule has 0 saturated carbocycles. The van der Waals surface area contributed by atoms with Gasteiger partial charge in [-0.25, -0.2) is 5.43 Å². The standard InChI is InChI=1S/C34H23BrN4O4/c35-30-21-27(39(41)42)15-17-29(30)33-20-16-28(43-33)22-36-37-34(40)25-11-13-26(14-12-25)38-31(23-7-3-1-4-8-23)18-19-32(38)24-9-5-2-6-10-24/h1-22H,(H,37,40). The number of carbonyl (C=O) groups excluding carboxylic acids is 1. The molecule has 4 aromatic carbocycles. The quantitative estimate of drug-likeness (QED) is 0.103. The fraction of sp³-hybridized carbons (Fsp3) is 0. The third kappa shape index (κ3) is 5.93. The van der Waals surface area contributed by atoms with E-state index >= 15 is 0 Å². The summed E-state index contributed by atoms with van der Waals surface area (Å²) in [7, 11) is 0. The number of halogens is 1. The smallest absolute Gasteiger partial charge is 0.271 e. The van der Waals surface area contributed by atoms with Gasteiger partial charge in [0.15, 0.2) is 0 Å². The predicted molar refractivity (Wildman–Crippen MR) is 170 cm³/mol. The van der Waals surface area contributed by atoms with Crippen LogP contribution in [-0.4, -0.2) is 21.6 Å². The zero-order chi connectivity index (χ0) is 29.8. The molecule has 0 fully saturated rings. The Hall–Kier alpha value is -5.54. The summed E-state index contributed by atoms with van der Waals surface area (Å²) in [6.07, 6.45) is 1.40. The third-order valence-electron chi connectivity index (χ3n) is 6.82. The lowest BCUT2D eigenvalue weighted by atomic mass is 10.1. The summed E-state index contributed by atoms with van der Waals surface area (Å²) in [6.45, 7) is 0. The van der Waals surface area contributed by atoms with Crippen molar-refractivity contribution in [3.05, 3.63) is 153 Å². The number of aromatic nitrogens is 1. The molecule has 1 N–H and O–H groups in total. The first-order chi connectivity index (χ1) is 21.0. The summed E-state index contributed by atoms with van der Waals surface area (Å²) in [5.74, 6) is 0.539. The summed E-state index contributed by atoms with van der Waals surface area (Å²) >= 11 is 3.35. The summed E-state index contributed by atoms with van der Waals surface area (Å²) in [4.78, 5) is 23.4. The SMILES string of the molecule is O=C(NN=Cc1ccc(-c2ccc([N+](=O)[O-])cc2Br)o1)c1ccc(-n2c(-c3ccccc3)ccc2-c2ccccc2)cc1. The van der Waals surface area contributed by atoms with E-state index in [1.165, 1.54) is 18.3 Å². The number of nitrogens with one attached hydrogen (secondary N) is 1.